The molecule has 8 heteroatoms. The van der Waals surface area contributed by atoms with Crippen LogP contribution in [0, 0.1) is 17.6 Å². The Morgan fingerprint density at radius 3 is 2.58 bits per heavy atom. The van der Waals surface area contributed by atoms with Crippen molar-refractivity contribution in [3.8, 4) is 0 Å². The maximum Gasteiger partial charge on any atom is 0.270 e. The number of hydrogen-bond acceptors (Lipinski definition) is 4. The normalized spacial score (nSPS) is 15.6. The van der Waals surface area contributed by atoms with Crippen LogP contribution in [0.3, 0.4) is 0 Å². The number of amides is 2. The minimum Gasteiger partial charge on any atom is -0.383 e. The molecule has 0 aliphatic carbocycles. The van der Waals surface area contributed by atoms with Crippen molar-refractivity contribution in [2.24, 2.45) is 11.1 Å². The molecule has 0 aromatic heterocycles. The Hall–Kier alpha value is -3.29. The first kappa shape index (κ1) is 22.4. The molecule has 1 saturated heterocycles. The van der Waals surface area contributed by atoms with Crippen LogP contribution in [0.25, 0.3) is 0 Å². The topological polar surface area (TPSA) is 71.0 Å². The van der Waals surface area contributed by atoms with Crippen LogP contribution in [0.15, 0.2) is 53.7 Å². The molecule has 6 nitrogen and oxygen atoms in total. The summed E-state index contributed by atoms with van der Waals surface area (Å²) < 4.78 is 26.4. The average molecular weight is 429 g/mol. The fourth-order valence-electron chi connectivity index (χ4n) is 3.53. The smallest absolute Gasteiger partial charge is 0.270 e. The highest BCUT2D eigenvalue weighted by atomic mass is 19.1. The molecule has 1 heterocycles. The van der Waals surface area contributed by atoms with Gasteiger partial charge in [-0.25, -0.2) is 8.78 Å². The highest BCUT2D eigenvalue weighted by molar-refractivity contribution is 6.31. The van der Waals surface area contributed by atoms with Crippen molar-refractivity contribution in [3.63, 3.8) is 0 Å². The third-order valence-electron chi connectivity index (χ3n) is 5.22. The van der Waals surface area contributed by atoms with Gasteiger partial charge < -0.3 is 15.1 Å². The molecule has 0 spiro atoms. The number of oxime groups is 1. The Morgan fingerprint density at radius 2 is 1.90 bits per heavy atom. The van der Waals surface area contributed by atoms with Crippen molar-refractivity contribution >= 4 is 23.7 Å². The van der Waals surface area contributed by atoms with E-state index in [1.807, 2.05) is 18.2 Å². The second-order valence-electron chi connectivity index (χ2n) is 7.55. The highest BCUT2D eigenvalue weighted by Crippen LogP contribution is 2.22. The van der Waals surface area contributed by atoms with Crippen LogP contribution >= 0.6 is 0 Å². The zero-order valence-electron chi connectivity index (χ0n) is 17.3. The molecule has 1 unspecified atom stereocenters. The largest absolute Gasteiger partial charge is 0.383 e. The molecule has 0 bridgehead atoms. The Labute approximate surface area is 179 Å². The maximum absolute atomic E-state index is 13.5. The number of anilines is 1. The first-order valence-corrected chi connectivity index (χ1v) is 10.2. The molecule has 0 radical (unpaired) electrons. The zero-order chi connectivity index (χ0) is 22.2. The lowest BCUT2D eigenvalue weighted by Gasteiger charge is -2.33. The SMILES string of the molecule is CC(O/N=C/C(=O)Nc1ccc(F)cc1F)C(=O)N1CCC(Cc2ccccc2)CC1. The van der Waals surface area contributed by atoms with E-state index < -0.39 is 23.6 Å². The number of piperidine rings is 1. The summed E-state index contributed by atoms with van der Waals surface area (Å²) in [5.41, 5.74) is 1.12. The Morgan fingerprint density at radius 1 is 1.19 bits per heavy atom. The zero-order valence-corrected chi connectivity index (χ0v) is 17.3. The summed E-state index contributed by atoms with van der Waals surface area (Å²) in [6.07, 6.45) is 2.80. The molecule has 1 aliphatic rings. The van der Waals surface area contributed by atoms with E-state index in [0.29, 0.717) is 25.1 Å². The van der Waals surface area contributed by atoms with E-state index in [-0.39, 0.29) is 11.6 Å². The second kappa shape index (κ2) is 10.7. The fourth-order valence-corrected chi connectivity index (χ4v) is 3.53. The molecule has 31 heavy (non-hydrogen) atoms. The van der Waals surface area contributed by atoms with E-state index in [2.05, 4.69) is 22.6 Å². The van der Waals surface area contributed by atoms with E-state index in [4.69, 9.17) is 4.84 Å². The lowest BCUT2D eigenvalue weighted by molar-refractivity contribution is -0.144. The van der Waals surface area contributed by atoms with Crippen LogP contribution in [0.5, 0.6) is 0 Å². The second-order valence-corrected chi connectivity index (χ2v) is 7.55. The summed E-state index contributed by atoms with van der Waals surface area (Å²) >= 11 is 0. The lowest BCUT2D eigenvalue weighted by atomic mass is 9.90. The first-order chi connectivity index (χ1) is 14.9. The number of nitrogens with one attached hydrogen (secondary N) is 1. The van der Waals surface area contributed by atoms with E-state index in [1.54, 1.807) is 11.8 Å². The summed E-state index contributed by atoms with van der Waals surface area (Å²) in [6.45, 7) is 2.86. The molecule has 3 rings (SSSR count). The number of hydrogen-bond donors (Lipinski definition) is 1. The van der Waals surface area contributed by atoms with Gasteiger partial charge in [0, 0.05) is 19.2 Å². The van der Waals surface area contributed by atoms with Gasteiger partial charge in [0.1, 0.15) is 17.8 Å². The van der Waals surface area contributed by atoms with Gasteiger partial charge in [-0.2, -0.15) is 0 Å². The molecular formula is C23H25F2N3O3. The summed E-state index contributed by atoms with van der Waals surface area (Å²) in [7, 11) is 0. The summed E-state index contributed by atoms with van der Waals surface area (Å²) in [6, 6.07) is 13.1. The summed E-state index contributed by atoms with van der Waals surface area (Å²) in [5.74, 6) is -2.06. The predicted molar refractivity (Wildman–Crippen MR) is 113 cm³/mol. The van der Waals surface area contributed by atoms with E-state index in [0.717, 1.165) is 37.6 Å². The van der Waals surface area contributed by atoms with Crippen molar-refractivity contribution in [2.45, 2.75) is 32.3 Å². The maximum atomic E-state index is 13.5. The number of carbonyl (C=O) groups excluding carboxylic acids is 2. The van der Waals surface area contributed by atoms with Crippen molar-refractivity contribution in [1.29, 1.82) is 0 Å². The van der Waals surface area contributed by atoms with Gasteiger partial charge in [0.25, 0.3) is 11.8 Å². The number of likely N-dealkylation sites (tertiary alicyclic amines) is 1. The van der Waals surface area contributed by atoms with Gasteiger partial charge in [-0.05, 0) is 49.8 Å². The Bertz CT molecular complexity index is 929. The van der Waals surface area contributed by atoms with Crippen LogP contribution in [0.1, 0.15) is 25.3 Å². The molecule has 1 atom stereocenters. The molecule has 2 aromatic carbocycles. The number of nitrogens with zero attached hydrogens (tertiary/aromatic N) is 2. The van der Waals surface area contributed by atoms with Crippen molar-refractivity contribution in [3.05, 3.63) is 65.7 Å². The number of halogens is 2. The van der Waals surface area contributed by atoms with Crippen LogP contribution in [0.4, 0.5) is 14.5 Å². The molecule has 164 valence electrons. The quantitative estimate of drug-likeness (QED) is 0.538. The molecule has 1 fully saturated rings. The van der Waals surface area contributed by atoms with Gasteiger partial charge >= 0.3 is 0 Å². The van der Waals surface area contributed by atoms with Crippen molar-refractivity contribution in [1.82, 2.24) is 4.90 Å². The molecule has 2 aromatic rings. The number of rotatable bonds is 7. The van der Waals surface area contributed by atoms with Crippen molar-refractivity contribution < 1.29 is 23.2 Å². The first-order valence-electron chi connectivity index (χ1n) is 10.2. The molecule has 1 aliphatic heterocycles. The molecule has 1 N–H and O–H groups in total. The minimum absolute atomic E-state index is 0.180. The molecular weight excluding hydrogens is 404 g/mol. The van der Waals surface area contributed by atoms with Gasteiger partial charge in [-0.1, -0.05) is 35.5 Å². The van der Waals surface area contributed by atoms with Crippen LogP contribution < -0.4 is 5.32 Å². The minimum atomic E-state index is -0.901. The van der Waals surface area contributed by atoms with Gasteiger partial charge in [-0.3, -0.25) is 9.59 Å². The average Bonchev–Trinajstić information content (AvgIpc) is 2.76. The lowest BCUT2D eigenvalue weighted by Crippen LogP contribution is -2.43. The predicted octanol–water partition coefficient (Wildman–Crippen LogP) is 3.78. The summed E-state index contributed by atoms with van der Waals surface area (Å²) in [5, 5.41) is 5.74. The van der Waals surface area contributed by atoms with Gasteiger partial charge in [-0.15, -0.1) is 0 Å². The highest BCUT2D eigenvalue weighted by Gasteiger charge is 2.27. The monoisotopic (exact) mass is 429 g/mol. The van der Waals surface area contributed by atoms with E-state index >= 15 is 0 Å². The van der Waals surface area contributed by atoms with Gasteiger partial charge in [0.05, 0.1) is 5.69 Å². The summed E-state index contributed by atoms with van der Waals surface area (Å²) in [4.78, 5) is 31.2. The standard InChI is InChI=1S/C23H25F2N3O3/c1-16(31-26-15-22(29)27-21-8-7-19(24)14-20(21)25)23(30)28-11-9-18(10-12-28)13-17-5-3-2-4-6-17/h2-8,14-16,18H,9-13H2,1H3,(H,27,29)/b26-15+. The Kier molecular flexibility index (Phi) is 7.70. The van der Waals surface area contributed by atoms with Crippen LogP contribution in [-0.4, -0.2) is 42.1 Å². The molecule has 0 saturated carbocycles. The number of carbonyl (C=O) groups is 2. The number of benzene rings is 2. The third-order valence-corrected chi connectivity index (χ3v) is 5.22. The van der Waals surface area contributed by atoms with E-state index in [1.165, 1.54) is 5.56 Å². The fraction of sp³-hybridized carbons (Fsp3) is 0.348. The van der Waals surface area contributed by atoms with E-state index in [9.17, 15) is 18.4 Å². The van der Waals surface area contributed by atoms with Crippen LogP contribution in [0.2, 0.25) is 0 Å². The third kappa shape index (κ3) is 6.60. The molecule has 2 amide bonds. The van der Waals surface area contributed by atoms with Gasteiger partial charge in [0.2, 0.25) is 6.10 Å². The van der Waals surface area contributed by atoms with Gasteiger partial charge in [0.15, 0.2) is 0 Å². The van der Waals surface area contributed by atoms with Crippen molar-refractivity contribution in [2.75, 3.05) is 18.4 Å². The Balaban J connectivity index is 1.41. The van der Waals surface area contributed by atoms with Crippen LogP contribution in [-0.2, 0) is 20.8 Å².